The molecule has 0 bridgehead atoms. The predicted octanol–water partition coefficient (Wildman–Crippen LogP) is 2.57. The van der Waals surface area contributed by atoms with Gasteiger partial charge in [0.15, 0.2) is 15.1 Å². The molecule has 0 unspecified atom stereocenters. The minimum atomic E-state index is -3.62. The molecule has 0 atom stereocenters. The van der Waals surface area contributed by atoms with Crippen LogP contribution in [0.1, 0.15) is 13.8 Å². The molecule has 110 valence electrons. The molecule has 0 aliphatic carbocycles. The number of rotatable bonds is 2. The molecule has 0 N–H and O–H groups in total. The maximum atomic E-state index is 12.8. The summed E-state index contributed by atoms with van der Waals surface area (Å²) in [6, 6.07) is 0. The number of sulfonamides is 1. The minimum Gasteiger partial charge on any atom is -0.279 e. The van der Waals surface area contributed by atoms with Crippen molar-refractivity contribution in [3.63, 3.8) is 0 Å². The van der Waals surface area contributed by atoms with Gasteiger partial charge in [0.05, 0.1) is 0 Å². The van der Waals surface area contributed by atoms with E-state index in [0.717, 1.165) is 5.75 Å². The van der Waals surface area contributed by atoms with Crippen LogP contribution in [0.4, 0.5) is 0 Å². The highest BCUT2D eigenvalue weighted by atomic mass is 35.5. The molecule has 3 rings (SSSR count). The number of aromatic nitrogens is 2. The third-order valence-electron chi connectivity index (χ3n) is 3.15. The molecule has 5 nitrogen and oxygen atoms in total. The van der Waals surface area contributed by atoms with E-state index in [1.165, 1.54) is 15.6 Å². The molecule has 0 spiro atoms. The van der Waals surface area contributed by atoms with Crippen molar-refractivity contribution in [3.8, 4) is 0 Å². The summed E-state index contributed by atoms with van der Waals surface area (Å²) in [4.78, 5) is 4.70. The average Bonchev–Trinajstić information content (AvgIpc) is 2.86. The highest BCUT2D eigenvalue weighted by Crippen LogP contribution is 2.34. The van der Waals surface area contributed by atoms with Gasteiger partial charge >= 0.3 is 0 Å². The van der Waals surface area contributed by atoms with E-state index in [1.54, 1.807) is 27.7 Å². The van der Waals surface area contributed by atoms with Crippen LogP contribution in [0, 0.1) is 0 Å². The zero-order chi connectivity index (χ0) is 14.5. The quantitative estimate of drug-likeness (QED) is 0.834. The van der Waals surface area contributed by atoms with Gasteiger partial charge in [-0.25, -0.2) is 13.4 Å². The van der Waals surface area contributed by atoms with E-state index in [-0.39, 0.29) is 14.9 Å². The molecule has 2 aromatic rings. The Kier molecular flexibility index (Phi) is 3.57. The molecule has 0 saturated carbocycles. The highest BCUT2D eigenvalue weighted by molar-refractivity contribution is 8.00. The molecule has 0 radical (unpaired) electrons. The van der Waals surface area contributed by atoms with E-state index in [4.69, 9.17) is 11.6 Å². The summed E-state index contributed by atoms with van der Waals surface area (Å²) in [5.74, 6) is 0.787. The van der Waals surface area contributed by atoms with E-state index < -0.39 is 10.0 Å². The fourth-order valence-electron chi connectivity index (χ4n) is 2.27. The van der Waals surface area contributed by atoms with Crippen molar-refractivity contribution in [3.05, 3.63) is 16.7 Å². The molecule has 2 aromatic heterocycles. The van der Waals surface area contributed by atoms with Crippen LogP contribution in [-0.2, 0) is 10.0 Å². The van der Waals surface area contributed by atoms with Crippen molar-refractivity contribution >= 4 is 49.7 Å². The summed E-state index contributed by atoms with van der Waals surface area (Å²) in [5, 5.41) is 1.93. The molecule has 20 heavy (non-hydrogen) atoms. The van der Waals surface area contributed by atoms with Crippen molar-refractivity contribution < 1.29 is 8.42 Å². The molecule has 1 aliphatic rings. The summed E-state index contributed by atoms with van der Waals surface area (Å²) in [7, 11) is -3.62. The monoisotopic (exact) mass is 351 g/mol. The van der Waals surface area contributed by atoms with Crippen LogP contribution in [0.3, 0.4) is 0 Å². The Morgan fingerprint density at radius 3 is 2.90 bits per heavy atom. The SMILES string of the molecule is CC1(C)CN(S(=O)(=O)c2c(Cl)nc3sccn23)CCS1. The van der Waals surface area contributed by atoms with Crippen LogP contribution < -0.4 is 0 Å². The summed E-state index contributed by atoms with van der Waals surface area (Å²) in [5.41, 5.74) is 0. The van der Waals surface area contributed by atoms with Gasteiger partial charge in [-0.3, -0.25) is 4.40 Å². The first-order valence-corrected chi connectivity index (χ1v) is 9.75. The average molecular weight is 352 g/mol. The summed E-state index contributed by atoms with van der Waals surface area (Å²) >= 11 is 9.20. The first-order chi connectivity index (χ1) is 9.31. The minimum absolute atomic E-state index is 0.0490. The van der Waals surface area contributed by atoms with Gasteiger partial charge in [-0.1, -0.05) is 11.6 Å². The Morgan fingerprint density at radius 2 is 2.20 bits per heavy atom. The van der Waals surface area contributed by atoms with Gasteiger partial charge in [-0.2, -0.15) is 16.1 Å². The first-order valence-electron chi connectivity index (χ1n) is 6.06. The largest absolute Gasteiger partial charge is 0.279 e. The number of fused-ring (bicyclic) bond motifs is 1. The Balaban J connectivity index is 2.08. The summed E-state index contributed by atoms with van der Waals surface area (Å²) < 4.78 is 28.7. The Morgan fingerprint density at radius 1 is 1.45 bits per heavy atom. The highest BCUT2D eigenvalue weighted by Gasteiger charge is 2.37. The van der Waals surface area contributed by atoms with Gasteiger partial charge in [-0.15, -0.1) is 11.3 Å². The van der Waals surface area contributed by atoms with Gasteiger partial charge in [0.2, 0.25) is 0 Å². The zero-order valence-electron chi connectivity index (χ0n) is 11.0. The predicted molar refractivity (Wildman–Crippen MR) is 83.4 cm³/mol. The molecule has 0 amide bonds. The lowest BCUT2D eigenvalue weighted by molar-refractivity contribution is 0.386. The third kappa shape index (κ3) is 2.37. The van der Waals surface area contributed by atoms with Crippen molar-refractivity contribution in [1.29, 1.82) is 0 Å². The second-order valence-electron chi connectivity index (χ2n) is 5.21. The van der Waals surface area contributed by atoms with Crippen LogP contribution in [0.25, 0.3) is 4.96 Å². The van der Waals surface area contributed by atoms with E-state index in [1.807, 2.05) is 0 Å². The number of halogens is 1. The molecule has 1 aliphatic heterocycles. The van der Waals surface area contributed by atoms with Crippen LogP contribution in [0.2, 0.25) is 5.15 Å². The lowest BCUT2D eigenvalue weighted by Crippen LogP contribution is -2.46. The van der Waals surface area contributed by atoms with Crippen LogP contribution in [-0.4, -0.2) is 45.7 Å². The van der Waals surface area contributed by atoms with Crippen LogP contribution >= 0.6 is 34.7 Å². The third-order valence-corrected chi connectivity index (χ3v) is 7.45. The van der Waals surface area contributed by atoms with E-state index in [9.17, 15) is 8.42 Å². The summed E-state index contributed by atoms with van der Waals surface area (Å²) in [6.45, 7) is 5.09. The molecule has 1 saturated heterocycles. The standard InChI is InChI=1S/C11H14ClN3O2S3/c1-11(2)7-14(3-6-19-11)20(16,17)9-8(12)13-10-15(9)4-5-18-10/h4-5H,3,6-7H2,1-2H3. The Labute approximate surface area is 131 Å². The number of nitrogens with zero attached hydrogens (tertiary/aromatic N) is 3. The number of thioether (sulfide) groups is 1. The lowest BCUT2D eigenvalue weighted by Gasteiger charge is -2.36. The van der Waals surface area contributed by atoms with E-state index >= 15 is 0 Å². The molecular formula is C11H14ClN3O2S3. The maximum Gasteiger partial charge on any atom is 0.262 e. The lowest BCUT2D eigenvalue weighted by atomic mass is 10.2. The number of imidazole rings is 1. The fraction of sp³-hybridized carbons (Fsp3) is 0.545. The Bertz CT molecular complexity index is 750. The van der Waals surface area contributed by atoms with Crippen LogP contribution in [0.15, 0.2) is 16.6 Å². The normalized spacial score (nSPS) is 20.6. The van der Waals surface area contributed by atoms with Gasteiger partial charge < -0.3 is 0 Å². The van der Waals surface area contributed by atoms with Gasteiger partial charge in [0.25, 0.3) is 10.0 Å². The second kappa shape index (κ2) is 4.88. The van der Waals surface area contributed by atoms with Gasteiger partial charge in [0, 0.05) is 35.2 Å². The zero-order valence-corrected chi connectivity index (χ0v) is 14.2. The Hall–Kier alpha value is -0.280. The first kappa shape index (κ1) is 14.6. The van der Waals surface area contributed by atoms with Gasteiger partial charge in [0.1, 0.15) is 0 Å². The fourth-order valence-corrected chi connectivity index (χ4v) is 6.59. The van der Waals surface area contributed by atoms with Crippen molar-refractivity contribution in [2.75, 3.05) is 18.8 Å². The van der Waals surface area contributed by atoms with E-state index in [0.29, 0.717) is 18.1 Å². The maximum absolute atomic E-state index is 12.8. The van der Waals surface area contributed by atoms with Crippen LogP contribution in [0.5, 0.6) is 0 Å². The van der Waals surface area contributed by atoms with Crippen molar-refractivity contribution in [2.24, 2.45) is 0 Å². The van der Waals surface area contributed by atoms with E-state index in [2.05, 4.69) is 18.8 Å². The smallest absolute Gasteiger partial charge is 0.262 e. The summed E-state index contributed by atoms with van der Waals surface area (Å²) in [6.07, 6.45) is 1.69. The topological polar surface area (TPSA) is 54.7 Å². The molecule has 3 heterocycles. The second-order valence-corrected chi connectivity index (χ2v) is 10.1. The molecule has 1 fully saturated rings. The van der Waals surface area contributed by atoms with Crippen molar-refractivity contribution in [1.82, 2.24) is 13.7 Å². The molecule has 9 heteroatoms. The number of thiazole rings is 1. The molecular weight excluding hydrogens is 338 g/mol. The number of hydrogen-bond donors (Lipinski definition) is 0. The van der Waals surface area contributed by atoms with Gasteiger partial charge in [-0.05, 0) is 13.8 Å². The number of hydrogen-bond acceptors (Lipinski definition) is 5. The molecule has 0 aromatic carbocycles. The van der Waals surface area contributed by atoms with Crippen molar-refractivity contribution in [2.45, 2.75) is 23.6 Å².